The van der Waals surface area contributed by atoms with Gasteiger partial charge >= 0.3 is 0 Å². The first-order valence-electron chi connectivity index (χ1n) is 5.36. The number of hydrogen-bond acceptors (Lipinski definition) is 6. The molecule has 0 atom stereocenters. The molecule has 0 fully saturated rings. The summed E-state index contributed by atoms with van der Waals surface area (Å²) in [6.45, 7) is 1.99. The summed E-state index contributed by atoms with van der Waals surface area (Å²) in [5.74, 6) is 0.208. The summed E-state index contributed by atoms with van der Waals surface area (Å²) in [6.07, 6.45) is 2.26. The van der Waals surface area contributed by atoms with E-state index in [9.17, 15) is 4.79 Å². The summed E-state index contributed by atoms with van der Waals surface area (Å²) < 4.78 is 4.92. The molecule has 0 aromatic carbocycles. The predicted molar refractivity (Wildman–Crippen MR) is 68.0 cm³/mol. The van der Waals surface area contributed by atoms with Crippen molar-refractivity contribution < 1.29 is 9.53 Å². The Bertz CT molecular complexity index is 538. The molecule has 0 saturated carbocycles. The lowest BCUT2D eigenvalue weighted by Gasteiger charge is -2.01. The molecular formula is C11H12N4O2S. The first-order chi connectivity index (χ1) is 8.72. The van der Waals surface area contributed by atoms with Crippen molar-refractivity contribution in [1.82, 2.24) is 15.2 Å². The van der Waals surface area contributed by atoms with Crippen molar-refractivity contribution in [3.8, 4) is 5.88 Å². The molecule has 2 aromatic heterocycles. The quantitative estimate of drug-likeness (QED) is 0.910. The highest BCUT2D eigenvalue weighted by Gasteiger charge is 2.10. The summed E-state index contributed by atoms with van der Waals surface area (Å²) in [4.78, 5) is 15.8. The molecular weight excluding hydrogens is 252 g/mol. The summed E-state index contributed by atoms with van der Waals surface area (Å²) in [6, 6.07) is 3.27. The Morgan fingerprint density at radius 1 is 1.44 bits per heavy atom. The minimum atomic E-state index is -0.260. The third-order valence-electron chi connectivity index (χ3n) is 2.20. The van der Waals surface area contributed by atoms with Crippen molar-refractivity contribution in [2.45, 2.75) is 13.3 Å². The van der Waals surface area contributed by atoms with Gasteiger partial charge in [0.1, 0.15) is 5.01 Å². The van der Waals surface area contributed by atoms with Gasteiger partial charge in [-0.05, 0) is 12.5 Å². The van der Waals surface area contributed by atoms with E-state index in [4.69, 9.17) is 4.74 Å². The first kappa shape index (κ1) is 12.4. The number of amides is 1. The van der Waals surface area contributed by atoms with Crippen molar-refractivity contribution in [1.29, 1.82) is 0 Å². The lowest BCUT2D eigenvalue weighted by Crippen LogP contribution is -2.12. The first-order valence-corrected chi connectivity index (χ1v) is 6.18. The van der Waals surface area contributed by atoms with Gasteiger partial charge < -0.3 is 4.74 Å². The number of nitrogens with one attached hydrogen (secondary N) is 1. The van der Waals surface area contributed by atoms with Crippen LogP contribution in [0.3, 0.4) is 0 Å². The van der Waals surface area contributed by atoms with E-state index < -0.39 is 0 Å². The molecule has 94 valence electrons. The van der Waals surface area contributed by atoms with Crippen LogP contribution in [0, 0.1) is 0 Å². The predicted octanol–water partition coefficient (Wildman–Crippen LogP) is 1.76. The molecule has 0 radical (unpaired) electrons. The number of aryl methyl sites for hydroxylation is 1. The average molecular weight is 264 g/mol. The maximum absolute atomic E-state index is 11.9. The topological polar surface area (TPSA) is 77.0 Å². The maximum Gasteiger partial charge on any atom is 0.259 e. The molecule has 1 N–H and O–H groups in total. The van der Waals surface area contributed by atoms with E-state index in [1.165, 1.54) is 24.6 Å². The Kier molecular flexibility index (Phi) is 3.83. The fourth-order valence-corrected chi connectivity index (χ4v) is 1.93. The normalized spacial score (nSPS) is 10.1. The number of aromatic nitrogens is 3. The summed E-state index contributed by atoms with van der Waals surface area (Å²) >= 11 is 1.36. The summed E-state index contributed by atoms with van der Waals surface area (Å²) in [7, 11) is 1.52. The van der Waals surface area contributed by atoms with Crippen LogP contribution >= 0.6 is 11.3 Å². The van der Waals surface area contributed by atoms with Gasteiger partial charge in [0, 0.05) is 12.3 Å². The van der Waals surface area contributed by atoms with Gasteiger partial charge in [-0.1, -0.05) is 18.3 Å². The van der Waals surface area contributed by atoms with Crippen molar-refractivity contribution in [3.63, 3.8) is 0 Å². The van der Waals surface area contributed by atoms with Crippen LogP contribution in [0.25, 0.3) is 0 Å². The fourth-order valence-electron chi connectivity index (χ4n) is 1.25. The molecule has 0 bridgehead atoms. The van der Waals surface area contributed by atoms with Gasteiger partial charge in [0.05, 0.1) is 12.7 Å². The van der Waals surface area contributed by atoms with E-state index in [0.29, 0.717) is 16.6 Å². The molecule has 0 spiro atoms. The molecule has 1 amide bonds. The fraction of sp³-hybridized carbons (Fsp3) is 0.273. The third-order valence-corrected chi connectivity index (χ3v) is 3.18. The number of pyridine rings is 1. The number of anilines is 1. The molecule has 2 heterocycles. The van der Waals surface area contributed by atoms with Crippen LogP contribution in [0.1, 0.15) is 22.3 Å². The minimum Gasteiger partial charge on any atom is -0.481 e. The molecule has 7 heteroatoms. The van der Waals surface area contributed by atoms with Gasteiger partial charge in [0.2, 0.25) is 11.0 Å². The Morgan fingerprint density at radius 3 is 2.83 bits per heavy atom. The average Bonchev–Trinajstić information content (AvgIpc) is 2.86. The Morgan fingerprint density at radius 2 is 2.28 bits per heavy atom. The number of ether oxygens (including phenoxy) is 1. The zero-order valence-electron chi connectivity index (χ0n) is 10.0. The molecule has 0 aliphatic rings. The Hall–Kier alpha value is -2.02. The number of nitrogens with zero attached hydrogens (tertiary/aromatic N) is 3. The molecule has 0 aliphatic heterocycles. The third kappa shape index (κ3) is 2.80. The molecule has 18 heavy (non-hydrogen) atoms. The van der Waals surface area contributed by atoms with Gasteiger partial charge in [0.25, 0.3) is 5.91 Å². The summed E-state index contributed by atoms with van der Waals surface area (Å²) in [5, 5.41) is 11.9. The van der Waals surface area contributed by atoms with Crippen LogP contribution in [-0.4, -0.2) is 28.2 Å². The molecule has 6 nitrogen and oxygen atoms in total. The lowest BCUT2D eigenvalue weighted by molar-refractivity contribution is 0.102. The van der Waals surface area contributed by atoms with Gasteiger partial charge in [-0.15, -0.1) is 10.2 Å². The monoisotopic (exact) mass is 264 g/mol. The Balaban J connectivity index is 2.06. The van der Waals surface area contributed by atoms with E-state index >= 15 is 0 Å². The number of rotatable bonds is 4. The summed E-state index contributed by atoms with van der Waals surface area (Å²) in [5.41, 5.74) is 0.448. The van der Waals surface area contributed by atoms with Crippen LogP contribution in [-0.2, 0) is 6.42 Å². The van der Waals surface area contributed by atoms with E-state index in [0.717, 1.165) is 11.4 Å². The van der Waals surface area contributed by atoms with E-state index in [2.05, 4.69) is 20.5 Å². The molecule has 2 rings (SSSR count). The molecule has 2 aromatic rings. The molecule has 0 aliphatic carbocycles. The smallest absolute Gasteiger partial charge is 0.259 e. The SMILES string of the molecule is CCc1nnc(NC(=O)c2ccc(OC)nc2)s1. The Labute approximate surface area is 108 Å². The van der Waals surface area contributed by atoms with Crippen molar-refractivity contribution in [2.24, 2.45) is 0 Å². The van der Waals surface area contributed by atoms with Gasteiger partial charge in [-0.2, -0.15) is 0 Å². The molecule has 0 saturated heterocycles. The van der Waals surface area contributed by atoms with Crippen LogP contribution in [0.2, 0.25) is 0 Å². The minimum absolute atomic E-state index is 0.260. The van der Waals surface area contributed by atoms with Gasteiger partial charge in [0.15, 0.2) is 0 Å². The van der Waals surface area contributed by atoms with Crippen LogP contribution in [0.4, 0.5) is 5.13 Å². The number of carbonyl (C=O) groups is 1. The van der Waals surface area contributed by atoms with Crippen molar-refractivity contribution in [2.75, 3.05) is 12.4 Å². The number of methoxy groups -OCH3 is 1. The number of carbonyl (C=O) groups excluding carboxylic acids is 1. The van der Waals surface area contributed by atoms with Crippen molar-refractivity contribution in [3.05, 3.63) is 28.9 Å². The number of hydrogen-bond donors (Lipinski definition) is 1. The second-order valence-electron chi connectivity index (χ2n) is 3.40. The highest BCUT2D eigenvalue weighted by Crippen LogP contribution is 2.16. The highest BCUT2D eigenvalue weighted by molar-refractivity contribution is 7.15. The maximum atomic E-state index is 11.9. The van der Waals surface area contributed by atoms with Gasteiger partial charge in [-0.3, -0.25) is 10.1 Å². The standard InChI is InChI=1S/C11H12N4O2S/c1-3-9-14-15-11(18-9)13-10(16)7-4-5-8(17-2)12-6-7/h4-6H,3H2,1-2H3,(H,13,15,16). The highest BCUT2D eigenvalue weighted by atomic mass is 32.1. The van der Waals surface area contributed by atoms with Gasteiger partial charge in [-0.25, -0.2) is 4.98 Å². The second-order valence-corrected chi connectivity index (χ2v) is 4.46. The largest absolute Gasteiger partial charge is 0.481 e. The van der Waals surface area contributed by atoms with E-state index in [1.807, 2.05) is 6.92 Å². The van der Waals surface area contributed by atoms with Crippen molar-refractivity contribution >= 4 is 22.4 Å². The second kappa shape index (κ2) is 5.54. The molecule has 0 unspecified atom stereocenters. The van der Waals surface area contributed by atoms with Crippen LogP contribution in [0.15, 0.2) is 18.3 Å². The van der Waals surface area contributed by atoms with E-state index in [1.54, 1.807) is 12.1 Å². The van der Waals surface area contributed by atoms with E-state index in [-0.39, 0.29) is 5.91 Å². The zero-order valence-corrected chi connectivity index (χ0v) is 10.8. The van der Waals surface area contributed by atoms with Crippen LogP contribution < -0.4 is 10.1 Å². The van der Waals surface area contributed by atoms with Crippen LogP contribution in [0.5, 0.6) is 5.88 Å². The zero-order chi connectivity index (χ0) is 13.0. The lowest BCUT2D eigenvalue weighted by atomic mass is 10.3.